The highest BCUT2D eigenvalue weighted by atomic mass is 16.2. The number of piperidine rings is 1. The molecule has 1 aliphatic rings. The van der Waals surface area contributed by atoms with E-state index in [-0.39, 0.29) is 5.91 Å². The zero-order chi connectivity index (χ0) is 13.0. The van der Waals surface area contributed by atoms with Gasteiger partial charge in [0, 0.05) is 11.7 Å². The van der Waals surface area contributed by atoms with Gasteiger partial charge in [-0.05, 0) is 45.4 Å². The SMILES string of the molecule is Cc1ccc(NC(=O)CN2CCCCC2C)cc1. The van der Waals surface area contributed by atoms with Gasteiger partial charge in [-0.1, -0.05) is 24.1 Å². The van der Waals surface area contributed by atoms with E-state index in [4.69, 9.17) is 0 Å². The van der Waals surface area contributed by atoms with Crippen LogP contribution in [0.4, 0.5) is 5.69 Å². The lowest BCUT2D eigenvalue weighted by Gasteiger charge is -2.32. The largest absolute Gasteiger partial charge is 0.325 e. The van der Waals surface area contributed by atoms with Crippen molar-refractivity contribution in [2.45, 2.75) is 39.2 Å². The number of hydrogen-bond donors (Lipinski definition) is 1. The third-order valence-corrected chi connectivity index (χ3v) is 3.62. The molecule has 1 amide bonds. The minimum absolute atomic E-state index is 0.0904. The fourth-order valence-electron chi connectivity index (χ4n) is 2.41. The first kappa shape index (κ1) is 13.1. The number of benzene rings is 1. The molecular formula is C15H22N2O. The number of amides is 1. The molecule has 3 nitrogen and oxygen atoms in total. The molecule has 0 radical (unpaired) electrons. The molecule has 98 valence electrons. The van der Waals surface area contributed by atoms with Crippen LogP contribution in [-0.4, -0.2) is 29.9 Å². The Kier molecular flexibility index (Phi) is 4.37. The Labute approximate surface area is 109 Å². The van der Waals surface area contributed by atoms with Crippen molar-refractivity contribution in [3.63, 3.8) is 0 Å². The van der Waals surface area contributed by atoms with Gasteiger partial charge in [0.1, 0.15) is 0 Å². The molecular weight excluding hydrogens is 224 g/mol. The lowest BCUT2D eigenvalue weighted by molar-refractivity contribution is -0.118. The van der Waals surface area contributed by atoms with Crippen LogP contribution in [0.25, 0.3) is 0 Å². The summed E-state index contributed by atoms with van der Waals surface area (Å²) in [6.07, 6.45) is 3.71. The van der Waals surface area contributed by atoms with Crippen molar-refractivity contribution in [3.8, 4) is 0 Å². The quantitative estimate of drug-likeness (QED) is 0.889. The number of anilines is 1. The second kappa shape index (κ2) is 6.01. The summed E-state index contributed by atoms with van der Waals surface area (Å²) in [6.45, 7) is 5.80. The fraction of sp³-hybridized carbons (Fsp3) is 0.533. The third-order valence-electron chi connectivity index (χ3n) is 3.62. The van der Waals surface area contributed by atoms with E-state index in [9.17, 15) is 4.79 Å². The van der Waals surface area contributed by atoms with E-state index in [1.54, 1.807) is 0 Å². The first-order chi connectivity index (χ1) is 8.65. The molecule has 0 bridgehead atoms. The second-order valence-electron chi connectivity index (χ2n) is 5.23. The van der Waals surface area contributed by atoms with Crippen LogP contribution in [0.2, 0.25) is 0 Å². The van der Waals surface area contributed by atoms with Crippen LogP contribution in [0.5, 0.6) is 0 Å². The van der Waals surface area contributed by atoms with Crippen LogP contribution >= 0.6 is 0 Å². The van der Waals surface area contributed by atoms with E-state index in [2.05, 4.69) is 17.1 Å². The van der Waals surface area contributed by atoms with Gasteiger partial charge in [-0.2, -0.15) is 0 Å². The number of likely N-dealkylation sites (tertiary alicyclic amines) is 1. The first-order valence-electron chi connectivity index (χ1n) is 6.76. The number of nitrogens with one attached hydrogen (secondary N) is 1. The maximum atomic E-state index is 12.0. The normalized spacial score (nSPS) is 20.7. The number of carbonyl (C=O) groups is 1. The van der Waals surface area contributed by atoms with Crippen LogP contribution in [0.15, 0.2) is 24.3 Å². The first-order valence-corrected chi connectivity index (χ1v) is 6.76. The Morgan fingerprint density at radius 3 is 2.72 bits per heavy atom. The van der Waals surface area contributed by atoms with E-state index in [0.717, 1.165) is 12.2 Å². The smallest absolute Gasteiger partial charge is 0.238 e. The standard InChI is InChI=1S/C15H22N2O/c1-12-6-8-14(9-7-12)16-15(18)11-17-10-4-3-5-13(17)2/h6-9,13H,3-5,10-11H2,1-2H3,(H,16,18). The summed E-state index contributed by atoms with van der Waals surface area (Å²) in [5, 5.41) is 2.96. The van der Waals surface area contributed by atoms with E-state index in [1.165, 1.54) is 24.8 Å². The molecule has 2 rings (SSSR count). The molecule has 1 N–H and O–H groups in total. The highest BCUT2D eigenvalue weighted by Gasteiger charge is 2.20. The van der Waals surface area contributed by atoms with E-state index < -0.39 is 0 Å². The Hall–Kier alpha value is -1.35. The van der Waals surface area contributed by atoms with Crippen molar-refractivity contribution in [2.75, 3.05) is 18.4 Å². The summed E-state index contributed by atoms with van der Waals surface area (Å²) in [5.74, 6) is 0.0904. The second-order valence-corrected chi connectivity index (χ2v) is 5.23. The minimum Gasteiger partial charge on any atom is -0.325 e. The maximum absolute atomic E-state index is 12.0. The van der Waals surface area contributed by atoms with E-state index >= 15 is 0 Å². The molecule has 1 aliphatic heterocycles. The van der Waals surface area contributed by atoms with Gasteiger partial charge in [0.25, 0.3) is 0 Å². The van der Waals surface area contributed by atoms with Gasteiger partial charge in [0.2, 0.25) is 5.91 Å². The van der Waals surface area contributed by atoms with E-state index in [0.29, 0.717) is 12.6 Å². The van der Waals surface area contributed by atoms with Crippen LogP contribution in [0, 0.1) is 6.92 Å². The highest BCUT2D eigenvalue weighted by molar-refractivity contribution is 5.92. The Bertz CT molecular complexity index is 399. The lowest BCUT2D eigenvalue weighted by atomic mass is 10.0. The Morgan fingerprint density at radius 2 is 2.06 bits per heavy atom. The molecule has 1 fully saturated rings. The minimum atomic E-state index is 0.0904. The molecule has 0 aliphatic carbocycles. The van der Waals surface area contributed by atoms with Gasteiger partial charge in [0.05, 0.1) is 6.54 Å². The predicted molar refractivity (Wildman–Crippen MR) is 74.7 cm³/mol. The maximum Gasteiger partial charge on any atom is 0.238 e. The van der Waals surface area contributed by atoms with Gasteiger partial charge in [-0.25, -0.2) is 0 Å². The average molecular weight is 246 g/mol. The van der Waals surface area contributed by atoms with Gasteiger partial charge < -0.3 is 5.32 Å². The summed E-state index contributed by atoms with van der Waals surface area (Å²) in [5.41, 5.74) is 2.09. The number of nitrogens with zero attached hydrogens (tertiary/aromatic N) is 1. The van der Waals surface area contributed by atoms with Crippen LogP contribution < -0.4 is 5.32 Å². The number of carbonyl (C=O) groups excluding carboxylic acids is 1. The highest BCUT2D eigenvalue weighted by Crippen LogP contribution is 2.16. The zero-order valence-electron chi connectivity index (χ0n) is 11.3. The molecule has 3 heteroatoms. The van der Waals surface area contributed by atoms with Crippen LogP contribution in [-0.2, 0) is 4.79 Å². The summed E-state index contributed by atoms with van der Waals surface area (Å²) in [6, 6.07) is 8.46. The topological polar surface area (TPSA) is 32.3 Å². The summed E-state index contributed by atoms with van der Waals surface area (Å²) < 4.78 is 0. The lowest BCUT2D eigenvalue weighted by Crippen LogP contribution is -2.42. The summed E-state index contributed by atoms with van der Waals surface area (Å²) in [7, 11) is 0. The number of aryl methyl sites for hydroxylation is 1. The Morgan fingerprint density at radius 1 is 1.33 bits per heavy atom. The van der Waals surface area contributed by atoms with Crippen LogP contribution in [0.3, 0.4) is 0 Å². The van der Waals surface area contributed by atoms with Gasteiger partial charge in [-0.3, -0.25) is 9.69 Å². The number of rotatable bonds is 3. The Balaban J connectivity index is 1.86. The molecule has 1 unspecified atom stereocenters. The van der Waals surface area contributed by atoms with Crippen molar-refractivity contribution in [3.05, 3.63) is 29.8 Å². The molecule has 1 heterocycles. The van der Waals surface area contributed by atoms with E-state index in [1.807, 2.05) is 31.2 Å². The van der Waals surface area contributed by atoms with Crippen molar-refractivity contribution in [1.82, 2.24) is 4.90 Å². The molecule has 0 spiro atoms. The average Bonchev–Trinajstić information content (AvgIpc) is 2.35. The van der Waals surface area contributed by atoms with Crippen molar-refractivity contribution < 1.29 is 4.79 Å². The summed E-state index contributed by atoms with van der Waals surface area (Å²) in [4.78, 5) is 14.2. The van der Waals surface area contributed by atoms with Crippen molar-refractivity contribution in [1.29, 1.82) is 0 Å². The molecule has 1 saturated heterocycles. The molecule has 0 aromatic heterocycles. The third kappa shape index (κ3) is 3.57. The molecule has 1 atom stereocenters. The zero-order valence-corrected chi connectivity index (χ0v) is 11.3. The molecule has 1 aromatic carbocycles. The molecule has 18 heavy (non-hydrogen) atoms. The van der Waals surface area contributed by atoms with Crippen molar-refractivity contribution >= 4 is 11.6 Å². The fourth-order valence-corrected chi connectivity index (χ4v) is 2.41. The summed E-state index contributed by atoms with van der Waals surface area (Å²) >= 11 is 0. The van der Waals surface area contributed by atoms with Crippen molar-refractivity contribution in [2.24, 2.45) is 0 Å². The predicted octanol–water partition coefficient (Wildman–Crippen LogP) is 2.81. The van der Waals surface area contributed by atoms with Gasteiger partial charge >= 0.3 is 0 Å². The monoisotopic (exact) mass is 246 g/mol. The number of hydrogen-bond acceptors (Lipinski definition) is 2. The van der Waals surface area contributed by atoms with Gasteiger partial charge in [0.15, 0.2) is 0 Å². The van der Waals surface area contributed by atoms with Gasteiger partial charge in [-0.15, -0.1) is 0 Å². The molecule has 1 aromatic rings. The molecule has 0 saturated carbocycles. The van der Waals surface area contributed by atoms with Crippen LogP contribution in [0.1, 0.15) is 31.7 Å².